The zero-order valence-electron chi connectivity index (χ0n) is 9.74. The van der Waals surface area contributed by atoms with Crippen LogP contribution in [0.25, 0.3) is 0 Å². The second-order valence-corrected chi connectivity index (χ2v) is 4.25. The van der Waals surface area contributed by atoms with Gasteiger partial charge in [0.05, 0.1) is 0 Å². The van der Waals surface area contributed by atoms with Crippen molar-refractivity contribution in [3.05, 3.63) is 66.2 Å². The molecule has 0 aliphatic carbocycles. The maximum Gasteiger partial charge on any atom is 0.264 e. The number of nitrogens with one attached hydrogen (secondary N) is 1. The predicted octanol–water partition coefficient (Wildman–Crippen LogP) is 2.31. The Balaban J connectivity index is 1.77. The molecule has 1 saturated heterocycles. The van der Waals surface area contributed by atoms with E-state index in [4.69, 9.17) is 4.74 Å². The SMILES string of the molecule is O=C1N[C@H](c2ccccc2)[C@@H]1Oc1ccccc1. The fourth-order valence-corrected chi connectivity index (χ4v) is 2.05. The first-order chi connectivity index (χ1) is 8.84. The average molecular weight is 239 g/mol. The topological polar surface area (TPSA) is 38.3 Å². The number of hydrogen-bond donors (Lipinski definition) is 1. The Morgan fingerprint density at radius 1 is 0.889 bits per heavy atom. The van der Waals surface area contributed by atoms with E-state index in [2.05, 4.69) is 5.32 Å². The highest BCUT2D eigenvalue weighted by Gasteiger charge is 2.42. The summed E-state index contributed by atoms with van der Waals surface area (Å²) in [6.07, 6.45) is -0.435. The maximum atomic E-state index is 11.6. The van der Waals surface area contributed by atoms with Crippen LogP contribution in [-0.4, -0.2) is 12.0 Å². The number of ether oxygens (including phenoxy) is 1. The van der Waals surface area contributed by atoms with Gasteiger partial charge >= 0.3 is 0 Å². The van der Waals surface area contributed by atoms with Gasteiger partial charge in [0.15, 0.2) is 0 Å². The largest absolute Gasteiger partial charge is 0.478 e. The average Bonchev–Trinajstić information content (AvgIpc) is 2.44. The highest BCUT2D eigenvalue weighted by atomic mass is 16.5. The van der Waals surface area contributed by atoms with Gasteiger partial charge in [-0.15, -0.1) is 0 Å². The van der Waals surface area contributed by atoms with E-state index in [9.17, 15) is 4.79 Å². The predicted molar refractivity (Wildman–Crippen MR) is 68.2 cm³/mol. The van der Waals surface area contributed by atoms with Crippen molar-refractivity contribution >= 4 is 5.91 Å². The van der Waals surface area contributed by atoms with Crippen LogP contribution >= 0.6 is 0 Å². The molecular weight excluding hydrogens is 226 g/mol. The zero-order chi connectivity index (χ0) is 12.4. The van der Waals surface area contributed by atoms with Gasteiger partial charge in [-0.05, 0) is 17.7 Å². The summed E-state index contributed by atoms with van der Waals surface area (Å²) in [5.74, 6) is 0.658. The number of carbonyl (C=O) groups excluding carboxylic acids is 1. The molecular formula is C15H13NO2. The molecule has 0 spiro atoms. The van der Waals surface area contributed by atoms with Crippen molar-refractivity contribution in [1.82, 2.24) is 5.32 Å². The second kappa shape index (κ2) is 4.53. The molecule has 1 amide bonds. The van der Waals surface area contributed by atoms with Crippen molar-refractivity contribution in [3.63, 3.8) is 0 Å². The molecule has 2 atom stereocenters. The van der Waals surface area contributed by atoms with E-state index in [1.165, 1.54) is 0 Å². The number of carbonyl (C=O) groups is 1. The Hall–Kier alpha value is -2.29. The van der Waals surface area contributed by atoms with Crippen molar-refractivity contribution in [2.24, 2.45) is 0 Å². The molecule has 0 radical (unpaired) electrons. The Morgan fingerprint density at radius 3 is 2.11 bits per heavy atom. The fourth-order valence-electron chi connectivity index (χ4n) is 2.05. The molecule has 3 rings (SSSR count). The smallest absolute Gasteiger partial charge is 0.264 e. The third kappa shape index (κ3) is 1.95. The first-order valence-electron chi connectivity index (χ1n) is 5.91. The zero-order valence-corrected chi connectivity index (χ0v) is 9.74. The monoisotopic (exact) mass is 239 g/mol. The molecule has 3 heteroatoms. The third-order valence-corrected chi connectivity index (χ3v) is 3.02. The van der Waals surface area contributed by atoms with Gasteiger partial charge in [-0.1, -0.05) is 48.5 Å². The highest BCUT2D eigenvalue weighted by Crippen LogP contribution is 2.28. The van der Waals surface area contributed by atoms with Crippen LogP contribution < -0.4 is 10.1 Å². The van der Waals surface area contributed by atoms with Crippen LogP contribution in [0.1, 0.15) is 11.6 Å². The van der Waals surface area contributed by atoms with Gasteiger partial charge < -0.3 is 10.1 Å². The minimum atomic E-state index is -0.435. The molecule has 0 saturated carbocycles. The molecule has 0 aromatic heterocycles. The van der Waals surface area contributed by atoms with Crippen molar-refractivity contribution in [2.45, 2.75) is 12.1 Å². The van der Waals surface area contributed by atoms with Gasteiger partial charge in [0.2, 0.25) is 6.10 Å². The molecule has 18 heavy (non-hydrogen) atoms. The number of hydrogen-bond acceptors (Lipinski definition) is 2. The summed E-state index contributed by atoms with van der Waals surface area (Å²) in [5.41, 5.74) is 1.07. The first-order valence-corrected chi connectivity index (χ1v) is 5.91. The standard InChI is InChI=1S/C15H13NO2/c17-15-14(18-12-9-5-2-6-10-12)13(16-15)11-7-3-1-4-8-11/h1-10,13-14H,(H,16,17)/t13-,14+/m1/s1. The Morgan fingerprint density at radius 2 is 1.50 bits per heavy atom. The lowest BCUT2D eigenvalue weighted by Gasteiger charge is -2.36. The lowest BCUT2D eigenvalue weighted by Crippen LogP contribution is -2.58. The van der Waals surface area contributed by atoms with Gasteiger partial charge in [0.25, 0.3) is 5.91 Å². The molecule has 1 fully saturated rings. The molecule has 2 aromatic rings. The highest BCUT2D eigenvalue weighted by molar-refractivity contribution is 5.89. The van der Waals surface area contributed by atoms with Crippen molar-refractivity contribution in [1.29, 1.82) is 0 Å². The molecule has 1 aliphatic heterocycles. The van der Waals surface area contributed by atoms with Gasteiger partial charge in [0, 0.05) is 0 Å². The van der Waals surface area contributed by atoms with Crippen molar-refractivity contribution in [2.75, 3.05) is 0 Å². The minimum Gasteiger partial charge on any atom is -0.478 e. The van der Waals surface area contributed by atoms with Crippen LogP contribution in [-0.2, 0) is 4.79 Å². The van der Waals surface area contributed by atoms with E-state index in [-0.39, 0.29) is 11.9 Å². The van der Waals surface area contributed by atoms with Crippen LogP contribution in [0, 0.1) is 0 Å². The number of amides is 1. The number of para-hydroxylation sites is 1. The summed E-state index contributed by atoms with van der Waals surface area (Å²) in [6, 6.07) is 19.2. The van der Waals surface area contributed by atoms with Gasteiger partial charge in [-0.3, -0.25) is 4.79 Å². The Labute approximate surface area is 105 Å². The number of β-lactam (4-membered cyclic amide) rings is 1. The second-order valence-electron chi connectivity index (χ2n) is 4.25. The van der Waals surface area contributed by atoms with Crippen LogP contribution in [0.4, 0.5) is 0 Å². The van der Waals surface area contributed by atoms with Crippen LogP contribution in [0.5, 0.6) is 5.75 Å². The summed E-state index contributed by atoms with van der Waals surface area (Å²) in [5, 5.41) is 2.87. The Bertz CT molecular complexity index is 539. The molecule has 0 unspecified atom stereocenters. The van der Waals surface area contributed by atoms with Crippen molar-refractivity contribution in [3.8, 4) is 5.75 Å². The summed E-state index contributed by atoms with van der Waals surface area (Å²) in [4.78, 5) is 11.6. The van der Waals surface area contributed by atoms with Gasteiger partial charge in [0.1, 0.15) is 11.8 Å². The maximum absolute atomic E-state index is 11.6. The summed E-state index contributed by atoms with van der Waals surface area (Å²) < 4.78 is 5.72. The first kappa shape index (κ1) is 10.8. The van der Waals surface area contributed by atoms with Gasteiger partial charge in [-0.2, -0.15) is 0 Å². The molecule has 1 heterocycles. The summed E-state index contributed by atoms with van der Waals surface area (Å²) in [6.45, 7) is 0. The quantitative estimate of drug-likeness (QED) is 0.835. The molecule has 2 aromatic carbocycles. The van der Waals surface area contributed by atoms with Crippen LogP contribution in [0.2, 0.25) is 0 Å². The molecule has 1 aliphatic rings. The molecule has 0 bridgehead atoms. The van der Waals surface area contributed by atoms with Crippen molar-refractivity contribution < 1.29 is 9.53 Å². The summed E-state index contributed by atoms with van der Waals surface area (Å²) in [7, 11) is 0. The van der Waals surface area contributed by atoms with E-state index in [1.807, 2.05) is 60.7 Å². The molecule has 90 valence electrons. The van der Waals surface area contributed by atoms with Crippen LogP contribution in [0.3, 0.4) is 0 Å². The summed E-state index contributed by atoms with van der Waals surface area (Å²) >= 11 is 0. The Kier molecular flexibility index (Phi) is 2.73. The number of benzene rings is 2. The third-order valence-electron chi connectivity index (χ3n) is 3.02. The van der Waals surface area contributed by atoms with E-state index in [1.54, 1.807) is 0 Å². The lowest BCUT2D eigenvalue weighted by molar-refractivity contribution is -0.140. The fraction of sp³-hybridized carbons (Fsp3) is 0.133. The van der Waals surface area contributed by atoms with Gasteiger partial charge in [-0.25, -0.2) is 0 Å². The van der Waals surface area contributed by atoms with E-state index in [0.29, 0.717) is 0 Å². The number of rotatable bonds is 3. The molecule has 3 nitrogen and oxygen atoms in total. The van der Waals surface area contributed by atoms with Crippen LogP contribution in [0.15, 0.2) is 60.7 Å². The lowest BCUT2D eigenvalue weighted by atomic mass is 9.94. The minimum absolute atomic E-state index is 0.0566. The molecule has 1 N–H and O–H groups in total. The van der Waals surface area contributed by atoms with E-state index in [0.717, 1.165) is 11.3 Å². The van der Waals surface area contributed by atoms with E-state index >= 15 is 0 Å². The van der Waals surface area contributed by atoms with E-state index < -0.39 is 6.10 Å². The normalized spacial score (nSPS) is 21.9.